The molecule has 24 heavy (non-hydrogen) atoms. The lowest BCUT2D eigenvalue weighted by molar-refractivity contribution is 0.153. The highest BCUT2D eigenvalue weighted by molar-refractivity contribution is 6.32. The number of aliphatic imine (C=N–C) groups is 1. The molecule has 1 saturated heterocycles. The highest BCUT2D eigenvalue weighted by Crippen LogP contribution is 2.38. The Kier molecular flexibility index (Phi) is 4.18. The summed E-state index contributed by atoms with van der Waals surface area (Å²) in [5.41, 5.74) is 2.20. The molecule has 6 nitrogen and oxygen atoms in total. The maximum absolute atomic E-state index is 6.53. The molecule has 0 aromatic carbocycles. The number of aromatic nitrogens is 3. The van der Waals surface area contributed by atoms with Crippen LogP contribution in [0, 0.1) is 0 Å². The van der Waals surface area contributed by atoms with Crippen molar-refractivity contribution in [2.24, 2.45) is 4.99 Å². The van der Waals surface area contributed by atoms with Crippen molar-refractivity contribution in [3.05, 3.63) is 29.0 Å². The van der Waals surface area contributed by atoms with E-state index >= 15 is 0 Å². The second-order valence-electron chi connectivity index (χ2n) is 6.38. The Hall–Kier alpha value is -1.66. The van der Waals surface area contributed by atoms with E-state index in [0.29, 0.717) is 11.2 Å². The maximum Gasteiger partial charge on any atom is 0.160 e. The Balaban J connectivity index is 1.89. The van der Waals surface area contributed by atoms with E-state index in [0.717, 1.165) is 61.8 Å². The first-order valence-corrected chi connectivity index (χ1v) is 9.05. The van der Waals surface area contributed by atoms with Gasteiger partial charge in [0.2, 0.25) is 0 Å². The van der Waals surface area contributed by atoms with Crippen LogP contribution in [-0.2, 0) is 4.74 Å². The molecular weight excluding hydrogens is 326 g/mol. The minimum absolute atomic E-state index is 0.141. The predicted octanol–water partition coefficient (Wildman–Crippen LogP) is 3.34. The molecule has 1 aromatic rings. The maximum atomic E-state index is 6.53. The van der Waals surface area contributed by atoms with Crippen LogP contribution in [-0.4, -0.2) is 44.8 Å². The third-order valence-electron chi connectivity index (χ3n) is 5.09. The number of rotatable bonds is 3. The summed E-state index contributed by atoms with van der Waals surface area (Å²) in [5.74, 6) is 1.91. The van der Waals surface area contributed by atoms with E-state index in [1.165, 1.54) is 0 Å². The first-order valence-electron chi connectivity index (χ1n) is 8.67. The van der Waals surface area contributed by atoms with Crippen molar-refractivity contribution in [1.82, 2.24) is 19.7 Å². The summed E-state index contributed by atoms with van der Waals surface area (Å²) in [7, 11) is 0. The topological polar surface area (TPSA) is 55.5 Å². The largest absolute Gasteiger partial charge is 0.379 e. The Bertz CT molecular complexity index is 729. The molecule has 128 valence electrons. The van der Waals surface area contributed by atoms with Crippen molar-refractivity contribution in [3.8, 4) is 0 Å². The monoisotopic (exact) mass is 347 g/mol. The van der Waals surface area contributed by atoms with E-state index < -0.39 is 0 Å². The lowest BCUT2D eigenvalue weighted by Crippen LogP contribution is -2.48. The van der Waals surface area contributed by atoms with Crippen molar-refractivity contribution in [3.63, 3.8) is 0 Å². The van der Waals surface area contributed by atoms with Crippen molar-refractivity contribution in [2.45, 2.75) is 51.6 Å². The Morgan fingerprint density at radius 1 is 1.38 bits per heavy atom. The summed E-state index contributed by atoms with van der Waals surface area (Å²) >= 11 is 6.53. The van der Waals surface area contributed by atoms with Crippen molar-refractivity contribution in [2.75, 3.05) is 13.2 Å². The second kappa shape index (κ2) is 6.33. The van der Waals surface area contributed by atoms with Gasteiger partial charge in [-0.3, -0.25) is 4.57 Å². The van der Waals surface area contributed by atoms with Gasteiger partial charge >= 0.3 is 0 Å². The van der Waals surface area contributed by atoms with Gasteiger partial charge in [0.25, 0.3) is 0 Å². The lowest BCUT2D eigenvalue weighted by Gasteiger charge is -2.41. The number of hydrogen-bond acceptors (Lipinski definition) is 5. The minimum atomic E-state index is 0.141. The van der Waals surface area contributed by atoms with E-state index in [4.69, 9.17) is 21.3 Å². The van der Waals surface area contributed by atoms with Gasteiger partial charge in [-0.25, -0.2) is 4.99 Å². The number of halogens is 1. The molecule has 0 amide bonds. The molecule has 4 rings (SSSR count). The van der Waals surface area contributed by atoms with Crippen LogP contribution in [0.1, 0.15) is 51.4 Å². The van der Waals surface area contributed by atoms with Gasteiger partial charge in [0.15, 0.2) is 11.7 Å². The quantitative estimate of drug-likeness (QED) is 0.787. The number of hydrogen-bond donors (Lipinski definition) is 0. The van der Waals surface area contributed by atoms with E-state index in [2.05, 4.69) is 39.6 Å². The molecule has 3 aliphatic rings. The second-order valence-corrected chi connectivity index (χ2v) is 6.74. The Morgan fingerprint density at radius 3 is 2.96 bits per heavy atom. The molecule has 1 aromatic heterocycles. The first kappa shape index (κ1) is 15.8. The molecular formula is C17H22ClN5O. The summed E-state index contributed by atoms with van der Waals surface area (Å²) in [5, 5.41) is 9.17. The normalized spacial score (nSPS) is 26.7. The van der Waals surface area contributed by atoms with E-state index in [1.807, 2.05) is 0 Å². The molecule has 4 heterocycles. The van der Waals surface area contributed by atoms with E-state index in [1.54, 1.807) is 6.33 Å². The van der Waals surface area contributed by atoms with Crippen molar-refractivity contribution in [1.29, 1.82) is 0 Å². The van der Waals surface area contributed by atoms with Gasteiger partial charge in [-0.15, -0.1) is 10.2 Å². The van der Waals surface area contributed by atoms with Crippen LogP contribution in [0.15, 0.2) is 28.1 Å². The van der Waals surface area contributed by atoms with Crippen LogP contribution in [0.2, 0.25) is 0 Å². The minimum Gasteiger partial charge on any atom is -0.379 e. The number of ether oxygens (including phenoxy) is 1. The van der Waals surface area contributed by atoms with Crippen LogP contribution >= 0.6 is 11.6 Å². The van der Waals surface area contributed by atoms with Crippen LogP contribution in [0.5, 0.6) is 0 Å². The molecule has 0 N–H and O–H groups in total. The molecule has 0 bridgehead atoms. The molecule has 0 spiro atoms. The van der Waals surface area contributed by atoms with Crippen LogP contribution in [0.25, 0.3) is 5.70 Å². The number of nitrogens with zero attached hydrogens (tertiary/aromatic N) is 5. The predicted molar refractivity (Wildman–Crippen MR) is 93.6 cm³/mol. The number of amidine groups is 1. The smallest absolute Gasteiger partial charge is 0.160 e. The van der Waals surface area contributed by atoms with Crippen molar-refractivity contribution >= 4 is 23.1 Å². The van der Waals surface area contributed by atoms with E-state index in [9.17, 15) is 0 Å². The van der Waals surface area contributed by atoms with Gasteiger partial charge in [-0.05, 0) is 31.3 Å². The summed E-state index contributed by atoms with van der Waals surface area (Å²) in [6.45, 7) is 5.81. The third-order valence-corrected chi connectivity index (χ3v) is 5.44. The SMILES string of the molecule is CCC1=C(Cl)N=C2C(=CC1)n1cnnc1C(CC)N2C1CCOC1. The highest BCUT2D eigenvalue weighted by Gasteiger charge is 2.40. The van der Waals surface area contributed by atoms with Gasteiger partial charge in [-0.2, -0.15) is 0 Å². The van der Waals surface area contributed by atoms with Crippen LogP contribution in [0.3, 0.4) is 0 Å². The first-order chi connectivity index (χ1) is 11.7. The molecule has 2 unspecified atom stereocenters. The van der Waals surface area contributed by atoms with Crippen LogP contribution in [0.4, 0.5) is 0 Å². The van der Waals surface area contributed by atoms with Gasteiger partial charge < -0.3 is 9.64 Å². The molecule has 3 aliphatic heterocycles. The molecule has 0 radical (unpaired) electrons. The van der Waals surface area contributed by atoms with Gasteiger partial charge in [0, 0.05) is 6.61 Å². The van der Waals surface area contributed by atoms with Gasteiger partial charge in [0.1, 0.15) is 11.5 Å². The fourth-order valence-electron chi connectivity index (χ4n) is 3.79. The molecule has 2 atom stereocenters. The highest BCUT2D eigenvalue weighted by atomic mass is 35.5. The Labute approximate surface area is 146 Å². The zero-order valence-corrected chi connectivity index (χ0v) is 14.8. The molecule has 0 aliphatic carbocycles. The standard InChI is InChI=1S/C17H22ClN5O/c1-3-11-5-6-14-16(20-15(11)18)23(12-7-8-24-9-12)13(4-2)17-21-19-10-22(14)17/h6,10,12-13H,3-5,7-9H2,1-2H3. The summed E-state index contributed by atoms with van der Waals surface area (Å²) in [6, 6.07) is 0.443. The molecule has 7 heteroatoms. The number of fused-ring (bicyclic) bond motifs is 3. The molecule has 0 saturated carbocycles. The fourth-order valence-corrected chi connectivity index (χ4v) is 4.08. The summed E-state index contributed by atoms with van der Waals surface area (Å²) in [4.78, 5) is 7.21. The summed E-state index contributed by atoms with van der Waals surface area (Å²) < 4.78 is 7.72. The average Bonchev–Trinajstić information content (AvgIpc) is 3.24. The molecule has 1 fully saturated rings. The summed E-state index contributed by atoms with van der Waals surface area (Å²) in [6.07, 6.45) is 7.63. The number of allylic oxidation sites excluding steroid dienone is 2. The zero-order chi connectivity index (χ0) is 16.7. The lowest BCUT2D eigenvalue weighted by atomic mass is 10.0. The van der Waals surface area contributed by atoms with E-state index in [-0.39, 0.29) is 6.04 Å². The fraction of sp³-hybridized carbons (Fsp3) is 0.588. The third kappa shape index (κ3) is 2.40. The van der Waals surface area contributed by atoms with Crippen molar-refractivity contribution < 1.29 is 4.74 Å². The zero-order valence-electron chi connectivity index (χ0n) is 14.1. The Morgan fingerprint density at radius 2 is 2.25 bits per heavy atom. The van der Waals surface area contributed by atoms with Gasteiger partial charge in [-0.1, -0.05) is 31.5 Å². The van der Waals surface area contributed by atoms with Crippen LogP contribution < -0.4 is 0 Å². The van der Waals surface area contributed by atoms with Gasteiger partial charge in [0.05, 0.1) is 24.4 Å². The average molecular weight is 348 g/mol.